The lowest BCUT2D eigenvalue weighted by molar-refractivity contribution is 0.734. The normalized spacial score (nSPS) is 12.2. The summed E-state index contributed by atoms with van der Waals surface area (Å²) in [6, 6.07) is 83.8. The lowest BCUT2D eigenvalue weighted by atomic mass is 9.78. The maximum Gasteiger partial charge on any atom is -0.00139 e. The van der Waals surface area contributed by atoms with Crippen molar-refractivity contribution in [3.63, 3.8) is 0 Å². The van der Waals surface area contributed by atoms with Crippen LogP contribution in [-0.4, -0.2) is 0 Å². The molecule has 0 fully saturated rings. The van der Waals surface area contributed by atoms with E-state index in [4.69, 9.17) is 0 Å². The lowest BCUT2D eigenvalue weighted by Gasteiger charge is -2.24. The fraction of sp³-hybridized carbons (Fsp3) is 0.0625. The van der Waals surface area contributed by atoms with Crippen LogP contribution in [0.25, 0.3) is 120 Å². The maximum atomic E-state index is 2.36. The van der Waals surface area contributed by atoms with Crippen LogP contribution < -0.4 is 0 Å². The minimum atomic E-state index is 0.528. The number of fused-ring (bicyclic) bond motifs is 6. The highest BCUT2D eigenvalue weighted by atomic mass is 14.3. The second-order valence-electron chi connectivity index (χ2n) is 17.4. The summed E-state index contributed by atoms with van der Waals surface area (Å²) in [5.74, 6) is 0.528. The molecular formula is C64H46. The van der Waals surface area contributed by atoms with Gasteiger partial charge >= 0.3 is 0 Å². The van der Waals surface area contributed by atoms with Crippen molar-refractivity contribution in [1.29, 1.82) is 0 Å². The molecule has 0 aromatic heterocycles. The Kier molecular flexibility index (Phi) is 9.20. The van der Waals surface area contributed by atoms with Crippen molar-refractivity contribution < 1.29 is 0 Å². The van der Waals surface area contributed by atoms with E-state index in [1.165, 1.54) is 126 Å². The van der Waals surface area contributed by atoms with Crippen LogP contribution in [0.5, 0.6) is 0 Å². The van der Waals surface area contributed by atoms with E-state index in [0.29, 0.717) is 5.92 Å². The quantitative estimate of drug-likeness (QED) is 0.141. The summed E-state index contributed by atoms with van der Waals surface area (Å²) in [6.45, 7) is 4.59. The SMILES string of the molecule is CCC(C)c1ccc(-c2c3ccccc3c(-c3c4ccccc4c(-c4c5ccccc5c(-c5ccccc5-c5ccccc5)c5ccccc45)c4ccccc34)c3ccccc23)cc1. The molecule has 12 aromatic carbocycles. The van der Waals surface area contributed by atoms with Gasteiger partial charge in [-0.15, -0.1) is 0 Å². The molecule has 0 heterocycles. The molecule has 0 N–H and O–H groups in total. The first-order valence-corrected chi connectivity index (χ1v) is 22.8. The zero-order chi connectivity index (χ0) is 42.7. The molecule has 64 heavy (non-hydrogen) atoms. The summed E-state index contributed by atoms with van der Waals surface area (Å²) >= 11 is 0. The summed E-state index contributed by atoms with van der Waals surface area (Å²) in [6.07, 6.45) is 1.13. The fourth-order valence-corrected chi connectivity index (χ4v) is 10.8. The van der Waals surface area contributed by atoms with Crippen molar-refractivity contribution in [3.05, 3.63) is 230 Å². The minimum absolute atomic E-state index is 0.528. The monoisotopic (exact) mass is 814 g/mol. The van der Waals surface area contributed by atoms with E-state index >= 15 is 0 Å². The highest BCUT2D eigenvalue weighted by Gasteiger charge is 2.25. The van der Waals surface area contributed by atoms with E-state index in [0.717, 1.165) is 6.42 Å². The van der Waals surface area contributed by atoms with Gasteiger partial charge in [0.25, 0.3) is 0 Å². The van der Waals surface area contributed by atoms with E-state index < -0.39 is 0 Å². The Morgan fingerprint density at radius 3 is 0.875 bits per heavy atom. The average Bonchev–Trinajstić information content (AvgIpc) is 3.37. The first-order valence-electron chi connectivity index (χ1n) is 22.8. The first kappa shape index (κ1) is 37.9. The van der Waals surface area contributed by atoms with Crippen molar-refractivity contribution in [2.75, 3.05) is 0 Å². The third kappa shape index (κ3) is 5.90. The third-order valence-corrected chi connectivity index (χ3v) is 14.0. The van der Waals surface area contributed by atoms with Crippen LogP contribution >= 0.6 is 0 Å². The van der Waals surface area contributed by atoms with Gasteiger partial charge in [-0.2, -0.15) is 0 Å². The highest BCUT2D eigenvalue weighted by Crippen LogP contribution is 2.53. The van der Waals surface area contributed by atoms with Crippen LogP contribution in [0.2, 0.25) is 0 Å². The average molecular weight is 815 g/mol. The highest BCUT2D eigenvalue weighted by molar-refractivity contribution is 6.33. The van der Waals surface area contributed by atoms with Crippen molar-refractivity contribution in [1.82, 2.24) is 0 Å². The van der Waals surface area contributed by atoms with E-state index in [1.807, 2.05) is 0 Å². The third-order valence-electron chi connectivity index (χ3n) is 14.0. The van der Waals surface area contributed by atoms with Crippen LogP contribution in [0.3, 0.4) is 0 Å². The molecule has 0 saturated heterocycles. The molecule has 12 aromatic rings. The molecule has 12 rings (SSSR count). The van der Waals surface area contributed by atoms with Crippen LogP contribution in [-0.2, 0) is 0 Å². The zero-order valence-corrected chi connectivity index (χ0v) is 36.1. The van der Waals surface area contributed by atoms with Gasteiger partial charge in [0.15, 0.2) is 0 Å². The number of rotatable bonds is 7. The second kappa shape index (κ2) is 15.5. The molecule has 0 bridgehead atoms. The van der Waals surface area contributed by atoms with Gasteiger partial charge in [-0.25, -0.2) is 0 Å². The summed E-state index contributed by atoms with van der Waals surface area (Å²) < 4.78 is 0. The predicted octanol–water partition coefficient (Wildman–Crippen LogP) is 18.5. The molecule has 0 radical (unpaired) electrons. The van der Waals surface area contributed by atoms with Crippen molar-refractivity contribution in [2.24, 2.45) is 0 Å². The Morgan fingerprint density at radius 1 is 0.250 bits per heavy atom. The number of hydrogen-bond donors (Lipinski definition) is 0. The maximum absolute atomic E-state index is 2.36. The summed E-state index contributed by atoms with van der Waals surface area (Å²) in [5, 5.41) is 15.1. The van der Waals surface area contributed by atoms with Crippen molar-refractivity contribution in [3.8, 4) is 55.6 Å². The Hall–Kier alpha value is -7.80. The fourth-order valence-electron chi connectivity index (χ4n) is 10.8. The van der Waals surface area contributed by atoms with E-state index in [2.05, 4.69) is 238 Å². The molecule has 1 unspecified atom stereocenters. The number of hydrogen-bond acceptors (Lipinski definition) is 0. The van der Waals surface area contributed by atoms with Gasteiger partial charge in [0.2, 0.25) is 0 Å². The van der Waals surface area contributed by atoms with E-state index in [1.54, 1.807) is 0 Å². The molecule has 1 atom stereocenters. The molecule has 0 saturated carbocycles. The summed E-state index contributed by atoms with van der Waals surface area (Å²) in [7, 11) is 0. The standard InChI is InChI=1S/C64H46/c1-3-41(2)42-37-39-44(40-38-42)59-47-25-9-13-29-51(47)61(52-30-14-10-26-48(52)59)63-55-33-17-19-35-57(55)64(58-36-20-18-34-56(58)63)62-53-31-15-11-27-49(53)60(50-28-12-16-32-54(50)62)46-24-8-7-23-45(46)43-21-5-4-6-22-43/h4-41H,3H2,1-2H3. The molecule has 0 aliphatic carbocycles. The Balaban J connectivity index is 1.19. The first-order chi connectivity index (χ1) is 31.7. The zero-order valence-electron chi connectivity index (χ0n) is 36.1. The van der Waals surface area contributed by atoms with Crippen molar-refractivity contribution in [2.45, 2.75) is 26.2 Å². The largest absolute Gasteiger partial charge is 0.0648 e. The Labute approximate surface area is 374 Å². The lowest BCUT2D eigenvalue weighted by Crippen LogP contribution is -1.96. The topological polar surface area (TPSA) is 0 Å². The van der Waals surface area contributed by atoms with Crippen LogP contribution in [0.4, 0.5) is 0 Å². The van der Waals surface area contributed by atoms with Crippen molar-refractivity contribution >= 4 is 64.6 Å². The van der Waals surface area contributed by atoms with Crippen LogP contribution in [0.1, 0.15) is 31.7 Å². The number of benzene rings is 12. The molecule has 0 aliphatic heterocycles. The molecular weight excluding hydrogens is 769 g/mol. The molecule has 0 aliphatic rings. The van der Waals surface area contributed by atoms with Gasteiger partial charge in [-0.3, -0.25) is 0 Å². The molecule has 0 spiro atoms. The van der Waals surface area contributed by atoms with Gasteiger partial charge in [0.1, 0.15) is 0 Å². The van der Waals surface area contributed by atoms with Crippen LogP contribution in [0.15, 0.2) is 224 Å². The van der Waals surface area contributed by atoms with Gasteiger partial charge in [-0.1, -0.05) is 238 Å². The second-order valence-corrected chi connectivity index (χ2v) is 17.4. The molecule has 0 nitrogen and oxygen atoms in total. The predicted molar refractivity (Wildman–Crippen MR) is 277 cm³/mol. The van der Waals surface area contributed by atoms with E-state index in [9.17, 15) is 0 Å². The molecule has 0 heteroatoms. The summed E-state index contributed by atoms with van der Waals surface area (Å²) in [4.78, 5) is 0. The minimum Gasteiger partial charge on any atom is -0.0648 e. The van der Waals surface area contributed by atoms with Gasteiger partial charge in [0.05, 0.1) is 0 Å². The Morgan fingerprint density at radius 2 is 0.531 bits per heavy atom. The van der Waals surface area contributed by atoms with Crippen LogP contribution in [0, 0.1) is 0 Å². The smallest absolute Gasteiger partial charge is 0.00139 e. The summed E-state index contributed by atoms with van der Waals surface area (Å²) in [5.41, 5.74) is 14.0. The van der Waals surface area contributed by atoms with E-state index in [-0.39, 0.29) is 0 Å². The van der Waals surface area contributed by atoms with Gasteiger partial charge in [-0.05, 0) is 138 Å². The molecule has 302 valence electrons. The van der Waals surface area contributed by atoms with Gasteiger partial charge < -0.3 is 0 Å². The Bertz CT molecular complexity index is 3590. The van der Waals surface area contributed by atoms with Gasteiger partial charge in [0, 0.05) is 0 Å². The molecule has 0 amide bonds.